The van der Waals surface area contributed by atoms with Crippen LogP contribution in [0.5, 0.6) is 5.75 Å². The highest BCUT2D eigenvalue weighted by Crippen LogP contribution is 2.24. The number of hydrogen-bond acceptors (Lipinski definition) is 3. The standard InChI is InChI=1S/C17H27N3O2/c1-13-11-14(2)16(15(3)12-13)22-10-5-18-17(21)20-8-6-19(4)7-9-20/h11-12H,5-10H2,1-4H3,(H,18,21). The molecular weight excluding hydrogens is 278 g/mol. The van der Waals surface area contributed by atoms with E-state index in [1.54, 1.807) is 0 Å². The Kier molecular flexibility index (Phi) is 5.66. The number of piperazine rings is 1. The molecule has 122 valence electrons. The van der Waals surface area contributed by atoms with Crippen LogP contribution in [0.3, 0.4) is 0 Å². The predicted octanol–water partition coefficient (Wildman–Crippen LogP) is 1.95. The van der Waals surface area contributed by atoms with Crippen LogP contribution in [0.1, 0.15) is 16.7 Å². The summed E-state index contributed by atoms with van der Waals surface area (Å²) in [6.07, 6.45) is 0. The molecule has 0 atom stereocenters. The van der Waals surface area contributed by atoms with Crippen LogP contribution in [-0.4, -0.2) is 62.2 Å². The highest BCUT2D eigenvalue weighted by Gasteiger charge is 2.18. The average molecular weight is 305 g/mol. The van der Waals surface area contributed by atoms with Gasteiger partial charge in [0.05, 0.1) is 6.54 Å². The second kappa shape index (κ2) is 7.49. The third-order valence-electron chi connectivity index (χ3n) is 4.02. The largest absolute Gasteiger partial charge is 0.491 e. The van der Waals surface area contributed by atoms with Crippen LogP contribution in [0.2, 0.25) is 0 Å². The Bertz CT molecular complexity index is 500. The maximum atomic E-state index is 12.0. The molecule has 0 aromatic heterocycles. The number of amides is 2. The zero-order chi connectivity index (χ0) is 16.1. The topological polar surface area (TPSA) is 44.8 Å². The molecule has 2 amide bonds. The molecule has 1 saturated heterocycles. The summed E-state index contributed by atoms with van der Waals surface area (Å²) in [4.78, 5) is 16.1. The van der Waals surface area contributed by atoms with Gasteiger partial charge in [0.1, 0.15) is 12.4 Å². The van der Waals surface area contributed by atoms with E-state index in [0.29, 0.717) is 13.2 Å². The normalized spacial score (nSPS) is 15.7. The molecule has 1 aromatic carbocycles. The van der Waals surface area contributed by atoms with Crippen molar-refractivity contribution in [1.29, 1.82) is 0 Å². The van der Waals surface area contributed by atoms with Crippen LogP contribution in [0, 0.1) is 20.8 Å². The lowest BCUT2D eigenvalue weighted by Gasteiger charge is -2.32. The molecule has 1 heterocycles. The zero-order valence-electron chi connectivity index (χ0n) is 14.1. The first-order valence-corrected chi connectivity index (χ1v) is 7.89. The van der Waals surface area contributed by atoms with Crippen LogP contribution in [-0.2, 0) is 0 Å². The van der Waals surface area contributed by atoms with Gasteiger partial charge in [0.25, 0.3) is 0 Å². The molecule has 1 aromatic rings. The van der Waals surface area contributed by atoms with Crippen molar-refractivity contribution in [1.82, 2.24) is 15.1 Å². The van der Waals surface area contributed by atoms with Crippen molar-refractivity contribution >= 4 is 6.03 Å². The first kappa shape index (κ1) is 16.6. The molecule has 0 saturated carbocycles. The number of carbonyl (C=O) groups is 1. The molecule has 1 aliphatic rings. The number of aryl methyl sites for hydroxylation is 3. The van der Waals surface area contributed by atoms with Gasteiger partial charge in [-0.15, -0.1) is 0 Å². The molecule has 0 aliphatic carbocycles. The van der Waals surface area contributed by atoms with Crippen LogP contribution in [0.4, 0.5) is 4.79 Å². The number of rotatable bonds is 4. The molecule has 0 radical (unpaired) electrons. The fraction of sp³-hybridized carbons (Fsp3) is 0.588. The molecule has 22 heavy (non-hydrogen) atoms. The van der Waals surface area contributed by atoms with E-state index in [9.17, 15) is 4.79 Å². The Morgan fingerprint density at radius 2 is 1.73 bits per heavy atom. The Hall–Kier alpha value is -1.75. The summed E-state index contributed by atoms with van der Waals surface area (Å²) in [6, 6.07) is 4.24. The van der Waals surface area contributed by atoms with E-state index in [-0.39, 0.29) is 6.03 Å². The van der Waals surface area contributed by atoms with Gasteiger partial charge in [-0.3, -0.25) is 0 Å². The molecular formula is C17H27N3O2. The van der Waals surface area contributed by atoms with E-state index in [1.807, 2.05) is 4.90 Å². The summed E-state index contributed by atoms with van der Waals surface area (Å²) in [5.74, 6) is 0.930. The summed E-state index contributed by atoms with van der Waals surface area (Å²) in [6.45, 7) is 10.7. The van der Waals surface area contributed by atoms with Gasteiger partial charge in [-0.05, 0) is 38.9 Å². The number of nitrogens with zero attached hydrogens (tertiary/aromatic N) is 2. The fourth-order valence-electron chi connectivity index (χ4n) is 2.83. The van der Waals surface area contributed by atoms with E-state index < -0.39 is 0 Å². The highest BCUT2D eigenvalue weighted by atomic mass is 16.5. The van der Waals surface area contributed by atoms with Crippen LogP contribution in [0.25, 0.3) is 0 Å². The van der Waals surface area contributed by atoms with Crippen molar-refractivity contribution in [2.45, 2.75) is 20.8 Å². The van der Waals surface area contributed by atoms with E-state index >= 15 is 0 Å². The van der Waals surface area contributed by atoms with Crippen molar-refractivity contribution in [3.05, 3.63) is 28.8 Å². The summed E-state index contributed by atoms with van der Waals surface area (Å²) < 4.78 is 5.84. The van der Waals surface area contributed by atoms with E-state index in [2.05, 4.69) is 50.2 Å². The smallest absolute Gasteiger partial charge is 0.317 e. The summed E-state index contributed by atoms with van der Waals surface area (Å²) in [5.41, 5.74) is 3.52. The molecule has 0 spiro atoms. The quantitative estimate of drug-likeness (QED) is 0.865. The van der Waals surface area contributed by atoms with Crippen molar-refractivity contribution in [2.75, 3.05) is 46.4 Å². The van der Waals surface area contributed by atoms with Crippen LogP contribution >= 0.6 is 0 Å². The molecule has 0 unspecified atom stereocenters. The number of likely N-dealkylation sites (N-methyl/N-ethyl adjacent to an activating group) is 1. The van der Waals surface area contributed by atoms with Gasteiger partial charge < -0.3 is 19.9 Å². The lowest BCUT2D eigenvalue weighted by atomic mass is 10.1. The van der Waals surface area contributed by atoms with Gasteiger partial charge in [0.15, 0.2) is 0 Å². The minimum absolute atomic E-state index is 0.00838. The van der Waals surface area contributed by atoms with Crippen molar-refractivity contribution < 1.29 is 9.53 Å². The van der Waals surface area contributed by atoms with Crippen LogP contribution < -0.4 is 10.1 Å². The second-order valence-electron chi connectivity index (χ2n) is 6.10. The third kappa shape index (κ3) is 4.37. The second-order valence-corrected chi connectivity index (χ2v) is 6.10. The molecule has 1 fully saturated rings. The SMILES string of the molecule is Cc1cc(C)c(OCCNC(=O)N2CCN(C)CC2)c(C)c1. The van der Waals surface area contributed by atoms with E-state index in [4.69, 9.17) is 4.74 Å². The third-order valence-corrected chi connectivity index (χ3v) is 4.02. The molecule has 0 bridgehead atoms. The van der Waals surface area contributed by atoms with Crippen molar-refractivity contribution in [2.24, 2.45) is 0 Å². The van der Waals surface area contributed by atoms with E-state index in [0.717, 1.165) is 43.1 Å². The van der Waals surface area contributed by atoms with Gasteiger partial charge in [0.2, 0.25) is 0 Å². The monoisotopic (exact) mass is 305 g/mol. The Morgan fingerprint density at radius 3 is 2.32 bits per heavy atom. The number of ether oxygens (including phenoxy) is 1. The zero-order valence-corrected chi connectivity index (χ0v) is 14.1. The molecule has 5 nitrogen and oxygen atoms in total. The molecule has 2 rings (SSSR count). The lowest BCUT2D eigenvalue weighted by molar-refractivity contribution is 0.153. The Balaban J connectivity index is 1.74. The Morgan fingerprint density at radius 1 is 1.14 bits per heavy atom. The number of urea groups is 1. The lowest BCUT2D eigenvalue weighted by Crippen LogP contribution is -2.51. The Labute approximate surface area is 133 Å². The molecule has 1 N–H and O–H groups in total. The highest BCUT2D eigenvalue weighted by molar-refractivity contribution is 5.74. The van der Waals surface area contributed by atoms with E-state index in [1.165, 1.54) is 5.56 Å². The van der Waals surface area contributed by atoms with Gasteiger partial charge in [-0.2, -0.15) is 0 Å². The van der Waals surface area contributed by atoms with Gasteiger partial charge >= 0.3 is 6.03 Å². The van der Waals surface area contributed by atoms with Crippen LogP contribution in [0.15, 0.2) is 12.1 Å². The molecule has 5 heteroatoms. The molecule has 1 aliphatic heterocycles. The maximum absolute atomic E-state index is 12.0. The minimum atomic E-state index is 0.00838. The predicted molar refractivity (Wildman–Crippen MR) is 88.6 cm³/mol. The first-order chi connectivity index (χ1) is 10.5. The minimum Gasteiger partial charge on any atom is -0.491 e. The number of benzene rings is 1. The fourth-order valence-corrected chi connectivity index (χ4v) is 2.83. The van der Waals surface area contributed by atoms with Gasteiger partial charge in [-0.25, -0.2) is 4.79 Å². The summed E-state index contributed by atoms with van der Waals surface area (Å²) in [7, 11) is 2.08. The average Bonchev–Trinajstić information content (AvgIpc) is 2.46. The first-order valence-electron chi connectivity index (χ1n) is 7.89. The summed E-state index contributed by atoms with van der Waals surface area (Å²) >= 11 is 0. The maximum Gasteiger partial charge on any atom is 0.317 e. The van der Waals surface area contributed by atoms with Crippen molar-refractivity contribution in [3.63, 3.8) is 0 Å². The number of carbonyl (C=O) groups excluding carboxylic acids is 1. The van der Waals surface area contributed by atoms with Gasteiger partial charge in [0, 0.05) is 26.2 Å². The number of nitrogens with one attached hydrogen (secondary N) is 1. The summed E-state index contributed by atoms with van der Waals surface area (Å²) in [5, 5.41) is 2.93. The number of hydrogen-bond donors (Lipinski definition) is 1. The van der Waals surface area contributed by atoms with Crippen molar-refractivity contribution in [3.8, 4) is 5.75 Å². The van der Waals surface area contributed by atoms with Gasteiger partial charge in [-0.1, -0.05) is 17.7 Å².